The molecule has 2 aromatic rings. The van der Waals surface area contributed by atoms with Crippen molar-refractivity contribution in [3.63, 3.8) is 0 Å². The van der Waals surface area contributed by atoms with Gasteiger partial charge in [-0.2, -0.15) is 0 Å². The Hall–Kier alpha value is -5.03. The fourth-order valence-corrected chi connectivity index (χ4v) is 9.65. The number of nitrogens with zero attached hydrogens (tertiary/aromatic N) is 2. The van der Waals surface area contributed by atoms with Gasteiger partial charge in [0.05, 0.1) is 24.4 Å². The monoisotopic (exact) mass is 837 g/mol. The lowest BCUT2D eigenvalue weighted by Crippen LogP contribution is -2.58. The van der Waals surface area contributed by atoms with Crippen LogP contribution in [0.1, 0.15) is 107 Å². The number of carbonyl (C=O) groups is 5. The molecule has 6 atom stereocenters. The summed E-state index contributed by atoms with van der Waals surface area (Å²) in [4.78, 5) is 73.7. The van der Waals surface area contributed by atoms with Crippen LogP contribution >= 0.6 is 0 Å². The van der Waals surface area contributed by atoms with Crippen LogP contribution in [0.25, 0.3) is 0 Å². The Kier molecular flexibility index (Phi) is 11.8. The first kappa shape index (κ1) is 42.1. The fraction of sp³-hybridized carbons (Fsp3) is 0.548. The second-order valence-corrected chi connectivity index (χ2v) is 19.2. The van der Waals surface area contributed by atoms with Gasteiger partial charge in [-0.1, -0.05) is 61.4 Å². The average Bonchev–Trinajstić information content (AvgIpc) is 4.07. The van der Waals surface area contributed by atoms with Gasteiger partial charge in [0.1, 0.15) is 35.1 Å². The highest BCUT2D eigenvalue weighted by atomic mass is 32.2. The van der Waals surface area contributed by atoms with Gasteiger partial charge >= 0.3 is 12.2 Å². The predicted octanol–water partition coefficient (Wildman–Crippen LogP) is 4.38. The number of hydrogen-bond donors (Lipinski definition) is 4. The zero-order chi connectivity index (χ0) is 42.3. The van der Waals surface area contributed by atoms with Crippen molar-refractivity contribution in [3.8, 4) is 0 Å². The van der Waals surface area contributed by atoms with Crippen LogP contribution in [0.3, 0.4) is 0 Å². The Morgan fingerprint density at radius 1 is 1.02 bits per heavy atom. The van der Waals surface area contributed by atoms with Crippen molar-refractivity contribution >= 4 is 39.9 Å². The van der Waals surface area contributed by atoms with Crippen LogP contribution < -0.4 is 15.4 Å². The lowest BCUT2D eigenvalue weighted by molar-refractivity contribution is -0.143. The van der Waals surface area contributed by atoms with E-state index in [0.29, 0.717) is 60.8 Å². The predicted molar refractivity (Wildman–Crippen MR) is 211 cm³/mol. The van der Waals surface area contributed by atoms with Crippen molar-refractivity contribution in [1.82, 2.24) is 25.2 Å². The molecule has 3 aliphatic heterocycles. The highest BCUT2D eigenvalue weighted by Gasteiger charge is 2.63. The molecule has 2 aliphatic carbocycles. The molecule has 59 heavy (non-hydrogen) atoms. The number of allylic oxidation sites excluding steroid dienone is 1. The van der Waals surface area contributed by atoms with Crippen LogP contribution in [-0.4, -0.2) is 87.8 Å². The zero-order valence-corrected chi connectivity index (χ0v) is 34.3. The number of aliphatic hydroxyl groups is 1. The van der Waals surface area contributed by atoms with Crippen molar-refractivity contribution in [2.45, 2.75) is 139 Å². The number of carbonyl (C=O) groups excluding carboxylic acids is 5. The van der Waals surface area contributed by atoms with Gasteiger partial charge in [0.15, 0.2) is 0 Å². The number of aliphatic hydroxyl groups excluding tert-OH is 1. The van der Waals surface area contributed by atoms with E-state index < -0.39 is 92.3 Å². The highest BCUT2D eigenvalue weighted by molar-refractivity contribution is 7.91. The minimum Gasteiger partial charge on any atom is -0.444 e. The number of rotatable bonds is 7. The van der Waals surface area contributed by atoms with E-state index in [9.17, 15) is 37.1 Å². The largest absolute Gasteiger partial charge is 0.444 e. The SMILES string of the molecule is CC(C)(C)OC(=O)N[C@H]1CCCCCC=C[C@@H]2C[C@@]2(C(=O)NS(=O)(=O)C2CC2)NC(=O)[C@@H]2C[C@@H](OC(=O)N3Cc4cccc(F)c4C3)[C@H](c3ccc(CO)cc3)N2C1=O. The van der Waals surface area contributed by atoms with Crippen LogP contribution in [0.2, 0.25) is 0 Å². The van der Waals surface area contributed by atoms with E-state index in [0.717, 1.165) is 0 Å². The van der Waals surface area contributed by atoms with Crippen molar-refractivity contribution in [2.75, 3.05) is 0 Å². The number of ether oxygens (including phenoxy) is 2. The summed E-state index contributed by atoms with van der Waals surface area (Å²) in [6, 6.07) is 7.44. The molecule has 4 N–H and O–H groups in total. The van der Waals surface area contributed by atoms with Gasteiger partial charge in [-0.25, -0.2) is 22.4 Å². The molecule has 0 radical (unpaired) electrons. The van der Waals surface area contributed by atoms with Gasteiger partial charge in [-0.05, 0) is 82.1 Å². The second kappa shape index (κ2) is 16.6. The van der Waals surface area contributed by atoms with Crippen molar-refractivity contribution in [2.24, 2.45) is 5.92 Å². The lowest BCUT2D eigenvalue weighted by Gasteiger charge is -2.35. The molecular formula is C42H52FN5O10S. The molecule has 15 nitrogen and oxygen atoms in total. The number of sulfonamides is 1. The molecule has 5 aliphatic rings. The molecule has 5 amide bonds. The van der Waals surface area contributed by atoms with Gasteiger partial charge in [0.25, 0.3) is 5.91 Å². The number of nitrogens with one attached hydrogen (secondary N) is 3. The Labute approximate surface area is 343 Å². The third-order valence-corrected chi connectivity index (χ3v) is 13.4. The number of alkyl carbamates (subject to hydrolysis) is 1. The number of hydrogen-bond acceptors (Lipinski definition) is 10. The Balaban J connectivity index is 1.27. The molecule has 2 saturated carbocycles. The summed E-state index contributed by atoms with van der Waals surface area (Å²) in [7, 11) is -3.99. The molecule has 7 rings (SSSR count). The van der Waals surface area contributed by atoms with E-state index in [-0.39, 0.29) is 39.0 Å². The quantitative estimate of drug-likeness (QED) is 0.290. The molecular weight excluding hydrogens is 786 g/mol. The molecule has 3 fully saturated rings. The number of benzene rings is 2. The van der Waals surface area contributed by atoms with E-state index in [1.165, 1.54) is 15.9 Å². The molecule has 0 bridgehead atoms. The normalized spacial score (nSPS) is 27.3. The van der Waals surface area contributed by atoms with Gasteiger partial charge in [0.2, 0.25) is 21.8 Å². The van der Waals surface area contributed by atoms with Gasteiger partial charge < -0.3 is 30.1 Å². The first-order valence-electron chi connectivity index (χ1n) is 20.3. The van der Waals surface area contributed by atoms with Gasteiger partial charge in [-0.15, -0.1) is 0 Å². The lowest BCUT2D eigenvalue weighted by atomic mass is 9.99. The van der Waals surface area contributed by atoms with Crippen LogP contribution in [0, 0.1) is 11.7 Å². The summed E-state index contributed by atoms with van der Waals surface area (Å²) in [5.41, 5.74) is -0.567. The van der Waals surface area contributed by atoms with E-state index >= 15 is 4.79 Å². The van der Waals surface area contributed by atoms with E-state index in [1.807, 2.05) is 6.08 Å². The molecule has 0 spiro atoms. The third-order valence-electron chi connectivity index (χ3n) is 11.6. The number of amides is 5. The fourth-order valence-electron chi connectivity index (χ4n) is 8.28. The first-order chi connectivity index (χ1) is 28.0. The average molecular weight is 838 g/mol. The second-order valence-electron chi connectivity index (χ2n) is 17.2. The minimum atomic E-state index is -3.99. The number of halogens is 1. The van der Waals surface area contributed by atoms with Crippen LogP contribution in [-0.2, 0) is 53.6 Å². The summed E-state index contributed by atoms with van der Waals surface area (Å²) in [6.07, 6.45) is 4.28. The topological polar surface area (TPSA) is 201 Å². The molecule has 17 heteroatoms. The van der Waals surface area contributed by atoms with Gasteiger partial charge in [-0.3, -0.25) is 24.0 Å². The van der Waals surface area contributed by atoms with E-state index in [2.05, 4.69) is 15.4 Å². The third kappa shape index (κ3) is 9.25. The summed E-state index contributed by atoms with van der Waals surface area (Å²) in [5.74, 6) is -3.34. The highest BCUT2D eigenvalue weighted by Crippen LogP contribution is 2.47. The maximum absolute atomic E-state index is 15.1. The Morgan fingerprint density at radius 2 is 1.76 bits per heavy atom. The minimum absolute atomic E-state index is 0.0613. The van der Waals surface area contributed by atoms with E-state index in [4.69, 9.17) is 9.47 Å². The molecule has 318 valence electrons. The summed E-state index contributed by atoms with van der Waals surface area (Å²) >= 11 is 0. The maximum atomic E-state index is 15.1. The summed E-state index contributed by atoms with van der Waals surface area (Å²) < 4.78 is 54.6. The van der Waals surface area contributed by atoms with Crippen molar-refractivity contribution in [1.29, 1.82) is 0 Å². The zero-order valence-electron chi connectivity index (χ0n) is 33.4. The Morgan fingerprint density at radius 3 is 2.44 bits per heavy atom. The standard InChI is InChI=1S/C42H52FN5O10S/c1-41(2,3)58-39(53)44-32-13-8-6-4-5-7-11-28-21-42(28,38(52)46-59(55,56)29-18-19-29)45-36(50)33-20-34(35(48(33)37(32)51)26-16-14-25(24-49)15-17-26)57-40(54)47-22-27-10-9-12-31(43)30(27)23-47/h7,9-12,14-17,28-29,32-35,49H,4-6,8,13,18-24H2,1-3H3,(H,44,53)(H,45,50)(H,46,52)/t28-,32+,33+,34-,35+,42-/m1/s1. The maximum Gasteiger partial charge on any atom is 0.410 e. The molecule has 2 aromatic carbocycles. The molecule has 3 heterocycles. The van der Waals surface area contributed by atoms with Crippen LogP contribution in [0.4, 0.5) is 14.0 Å². The number of fused-ring (bicyclic) bond motifs is 3. The van der Waals surface area contributed by atoms with Crippen molar-refractivity contribution in [3.05, 3.63) is 82.7 Å². The molecule has 1 saturated heterocycles. The summed E-state index contributed by atoms with van der Waals surface area (Å²) in [6.45, 7) is 4.79. The molecule has 0 aromatic heterocycles. The van der Waals surface area contributed by atoms with Gasteiger partial charge in [0, 0.05) is 24.4 Å². The van der Waals surface area contributed by atoms with E-state index in [1.54, 1.807) is 63.2 Å². The van der Waals surface area contributed by atoms with Crippen LogP contribution in [0.5, 0.6) is 0 Å². The summed E-state index contributed by atoms with van der Waals surface area (Å²) in [5, 5.41) is 14.7. The smallest absolute Gasteiger partial charge is 0.410 e. The molecule has 0 unspecified atom stereocenters. The Bertz CT molecular complexity index is 2120. The van der Waals surface area contributed by atoms with Crippen LogP contribution in [0.15, 0.2) is 54.6 Å². The first-order valence-corrected chi connectivity index (χ1v) is 21.8. The van der Waals surface area contributed by atoms with Crippen molar-refractivity contribution < 1.29 is 51.4 Å².